The van der Waals surface area contributed by atoms with E-state index < -0.39 is 37.0 Å². The zero-order valence-electron chi connectivity index (χ0n) is 16.7. The van der Waals surface area contributed by atoms with E-state index in [2.05, 4.69) is 0 Å². The van der Waals surface area contributed by atoms with Crippen molar-refractivity contribution in [3.63, 3.8) is 0 Å². The largest absolute Gasteiger partial charge is 0.481 e. The van der Waals surface area contributed by atoms with Crippen LogP contribution in [0.4, 0.5) is 0 Å². The highest BCUT2D eigenvalue weighted by atomic mass is 16.4. The maximum Gasteiger partial charge on any atom is 0.303 e. The van der Waals surface area contributed by atoms with Gasteiger partial charge in [-0.05, 0) is 12.8 Å². The molecule has 0 saturated carbocycles. The quantitative estimate of drug-likeness (QED) is 0.182. The van der Waals surface area contributed by atoms with Gasteiger partial charge < -0.3 is 35.5 Å². The van der Waals surface area contributed by atoms with E-state index in [1.54, 1.807) is 0 Å². The molecule has 166 valence electrons. The van der Waals surface area contributed by atoms with Gasteiger partial charge in [0.25, 0.3) is 0 Å². The Bertz CT molecular complexity index is 434. The lowest BCUT2D eigenvalue weighted by atomic mass is 10.0. The first kappa shape index (κ1) is 26.7. The third-order valence-corrected chi connectivity index (χ3v) is 4.74. The fourth-order valence-electron chi connectivity index (χ4n) is 2.86. The van der Waals surface area contributed by atoms with Crippen molar-refractivity contribution < 1.29 is 40.2 Å². The number of carbonyl (C=O) groups is 2. The first-order chi connectivity index (χ1) is 13.2. The summed E-state index contributed by atoms with van der Waals surface area (Å²) in [4.78, 5) is 23.7. The fraction of sp³-hybridized carbons (Fsp3) is 0.895. The van der Waals surface area contributed by atoms with Crippen molar-refractivity contribution in [1.29, 1.82) is 0 Å². The molecule has 0 unspecified atom stereocenters. The van der Waals surface area contributed by atoms with Crippen LogP contribution in [0, 0.1) is 0 Å². The second-order valence-electron chi connectivity index (χ2n) is 7.29. The van der Waals surface area contributed by atoms with Crippen LogP contribution in [0.2, 0.25) is 0 Å². The number of hydrogen-bond acceptors (Lipinski definition) is 7. The van der Waals surface area contributed by atoms with Crippen LogP contribution in [0.1, 0.15) is 64.2 Å². The molecule has 4 atom stereocenters. The third kappa shape index (κ3) is 12.2. The molecule has 0 rings (SSSR count). The number of amides is 1. The van der Waals surface area contributed by atoms with Crippen LogP contribution >= 0.6 is 0 Å². The van der Waals surface area contributed by atoms with Gasteiger partial charge in [0.05, 0.1) is 6.61 Å². The topological polar surface area (TPSA) is 159 Å². The molecular weight excluding hydrogens is 370 g/mol. The number of aliphatic hydroxyl groups is 5. The van der Waals surface area contributed by atoms with E-state index >= 15 is 0 Å². The normalized spacial score (nSPS) is 15.6. The van der Waals surface area contributed by atoms with Crippen molar-refractivity contribution >= 4 is 11.9 Å². The van der Waals surface area contributed by atoms with Gasteiger partial charge in [-0.2, -0.15) is 0 Å². The molecule has 0 bridgehead atoms. The average molecular weight is 408 g/mol. The number of nitrogens with zero attached hydrogens (tertiary/aromatic N) is 1. The number of aliphatic carboxylic acids is 1. The average Bonchev–Trinajstić information content (AvgIpc) is 2.66. The second-order valence-corrected chi connectivity index (χ2v) is 7.29. The van der Waals surface area contributed by atoms with E-state index in [0.717, 1.165) is 38.5 Å². The van der Waals surface area contributed by atoms with Gasteiger partial charge in [0.2, 0.25) is 5.91 Å². The summed E-state index contributed by atoms with van der Waals surface area (Å²) < 4.78 is 0. The van der Waals surface area contributed by atoms with Crippen LogP contribution in [0.25, 0.3) is 0 Å². The summed E-state index contributed by atoms with van der Waals surface area (Å²) >= 11 is 0. The number of likely N-dealkylation sites (N-methyl/N-ethyl adjacent to an activating group) is 1. The molecule has 0 aromatic carbocycles. The van der Waals surface area contributed by atoms with Crippen LogP contribution in [-0.4, -0.2) is 92.0 Å². The Morgan fingerprint density at radius 2 is 1.18 bits per heavy atom. The predicted molar refractivity (Wildman–Crippen MR) is 103 cm³/mol. The van der Waals surface area contributed by atoms with E-state index in [1.807, 2.05) is 0 Å². The first-order valence-electron chi connectivity index (χ1n) is 9.99. The van der Waals surface area contributed by atoms with Gasteiger partial charge >= 0.3 is 5.97 Å². The van der Waals surface area contributed by atoms with Crippen molar-refractivity contribution in [3.8, 4) is 0 Å². The van der Waals surface area contributed by atoms with Crippen molar-refractivity contribution in [1.82, 2.24) is 4.90 Å². The Labute approximate surface area is 166 Å². The summed E-state index contributed by atoms with van der Waals surface area (Å²) in [7, 11) is 1.49. The molecule has 1 amide bonds. The van der Waals surface area contributed by atoms with Gasteiger partial charge in [-0.3, -0.25) is 9.59 Å². The Morgan fingerprint density at radius 3 is 1.64 bits per heavy atom. The molecule has 0 spiro atoms. The lowest BCUT2D eigenvalue weighted by Crippen LogP contribution is -2.49. The Hall–Kier alpha value is -1.26. The van der Waals surface area contributed by atoms with Crippen LogP contribution in [0.5, 0.6) is 0 Å². The summed E-state index contributed by atoms with van der Waals surface area (Å²) in [5, 5.41) is 55.8. The molecule has 28 heavy (non-hydrogen) atoms. The fourth-order valence-corrected chi connectivity index (χ4v) is 2.86. The minimum absolute atomic E-state index is 0.183. The number of rotatable bonds is 17. The van der Waals surface area contributed by atoms with E-state index in [-0.39, 0.29) is 18.9 Å². The Balaban J connectivity index is 3.82. The lowest BCUT2D eigenvalue weighted by Gasteiger charge is -2.28. The summed E-state index contributed by atoms with van der Waals surface area (Å²) in [6.07, 6.45) is 1.55. The Morgan fingerprint density at radius 1 is 0.750 bits per heavy atom. The SMILES string of the molecule is CN(C[C@H](O)[C@@H](O)[C@H](O)[C@H](O)CO)C(=O)CCCCCCCCCCC(=O)O. The van der Waals surface area contributed by atoms with Crippen LogP contribution in [-0.2, 0) is 9.59 Å². The molecule has 0 fully saturated rings. The van der Waals surface area contributed by atoms with Crippen molar-refractivity contribution in [2.24, 2.45) is 0 Å². The molecule has 0 saturated heterocycles. The van der Waals surface area contributed by atoms with Gasteiger partial charge in [0, 0.05) is 26.4 Å². The summed E-state index contributed by atoms with van der Waals surface area (Å²) in [5.74, 6) is -0.937. The van der Waals surface area contributed by atoms with Crippen molar-refractivity contribution in [3.05, 3.63) is 0 Å². The summed E-state index contributed by atoms with van der Waals surface area (Å²) in [5.41, 5.74) is 0. The minimum atomic E-state index is -1.70. The monoisotopic (exact) mass is 407 g/mol. The number of carbonyl (C=O) groups excluding carboxylic acids is 1. The number of unbranched alkanes of at least 4 members (excludes halogenated alkanes) is 7. The highest BCUT2D eigenvalue weighted by Gasteiger charge is 2.31. The molecule has 0 heterocycles. The van der Waals surface area contributed by atoms with Crippen molar-refractivity contribution in [2.75, 3.05) is 20.2 Å². The number of carboxylic acids is 1. The van der Waals surface area contributed by atoms with E-state index in [1.165, 1.54) is 11.9 Å². The van der Waals surface area contributed by atoms with Crippen LogP contribution in [0.15, 0.2) is 0 Å². The minimum Gasteiger partial charge on any atom is -0.481 e. The number of hydrogen-bond donors (Lipinski definition) is 6. The van der Waals surface area contributed by atoms with E-state index in [4.69, 9.17) is 10.2 Å². The van der Waals surface area contributed by atoms with Crippen LogP contribution < -0.4 is 0 Å². The lowest BCUT2D eigenvalue weighted by molar-refractivity contribution is -0.138. The molecule has 9 heteroatoms. The van der Waals surface area contributed by atoms with Gasteiger partial charge in [-0.1, -0.05) is 38.5 Å². The van der Waals surface area contributed by atoms with Gasteiger partial charge in [0.15, 0.2) is 0 Å². The second kappa shape index (κ2) is 15.6. The van der Waals surface area contributed by atoms with Crippen LogP contribution in [0.3, 0.4) is 0 Å². The predicted octanol–water partition coefficient (Wildman–Crippen LogP) is -0.134. The first-order valence-corrected chi connectivity index (χ1v) is 9.99. The van der Waals surface area contributed by atoms with Gasteiger partial charge in [0.1, 0.15) is 24.4 Å². The van der Waals surface area contributed by atoms with Crippen molar-refractivity contribution in [2.45, 2.75) is 88.6 Å². The van der Waals surface area contributed by atoms with Gasteiger partial charge in [-0.15, -0.1) is 0 Å². The third-order valence-electron chi connectivity index (χ3n) is 4.74. The molecule has 0 aromatic rings. The smallest absolute Gasteiger partial charge is 0.303 e. The highest BCUT2D eigenvalue weighted by molar-refractivity contribution is 5.75. The summed E-state index contributed by atoms with van der Waals surface area (Å²) in [6.45, 7) is -0.937. The standard InChI is InChI=1S/C19H37NO8/c1-20(12-14(22)18(27)19(28)15(23)13-21)16(24)10-8-6-4-2-3-5-7-9-11-17(25)26/h14-15,18-19,21-23,27-28H,2-13H2,1H3,(H,25,26)/t14-,15+,18+,19+/m0/s1. The molecule has 0 aliphatic rings. The number of carboxylic acid groups (broad SMARTS) is 1. The maximum atomic E-state index is 12.1. The molecule has 9 nitrogen and oxygen atoms in total. The Kier molecular flexibility index (Phi) is 14.9. The van der Waals surface area contributed by atoms with Gasteiger partial charge in [-0.25, -0.2) is 0 Å². The zero-order valence-corrected chi connectivity index (χ0v) is 16.7. The van der Waals surface area contributed by atoms with E-state index in [0.29, 0.717) is 19.3 Å². The van der Waals surface area contributed by atoms with E-state index in [9.17, 15) is 30.0 Å². The number of aliphatic hydroxyl groups excluding tert-OH is 5. The molecule has 0 aromatic heterocycles. The maximum absolute atomic E-state index is 12.1. The highest BCUT2D eigenvalue weighted by Crippen LogP contribution is 2.12. The molecule has 0 aliphatic heterocycles. The molecule has 0 aliphatic carbocycles. The molecule has 0 radical (unpaired) electrons. The molecular formula is C19H37NO8. The summed E-state index contributed by atoms with van der Waals surface area (Å²) in [6, 6.07) is 0. The zero-order chi connectivity index (χ0) is 21.5. The molecule has 6 N–H and O–H groups in total.